The Hall–Kier alpha value is -2.11. The summed E-state index contributed by atoms with van der Waals surface area (Å²) < 4.78 is 33.1. The Labute approximate surface area is 435 Å². The molecule has 0 aliphatic carbocycles. The molecule has 0 aliphatic heterocycles. The molecule has 11 nitrogen and oxygen atoms in total. The number of esters is 2. The van der Waals surface area contributed by atoms with E-state index in [1.165, 1.54) is 193 Å². The van der Waals surface area contributed by atoms with Crippen LogP contribution in [0, 0.1) is 0 Å². The lowest BCUT2D eigenvalue weighted by Gasteiger charge is -2.21. The summed E-state index contributed by atoms with van der Waals surface area (Å²) >= 11 is 0. The number of rotatable bonds is 55. The van der Waals surface area contributed by atoms with E-state index in [0.29, 0.717) is 12.8 Å². The van der Waals surface area contributed by atoms with Gasteiger partial charge in [0.2, 0.25) is 0 Å². The monoisotopic (exact) mass is 1020 g/mol. The zero-order chi connectivity index (χ0) is 52.0. The van der Waals surface area contributed by atoms with Crippen LogP contribution in [-0.2, 0) is 32.7 Å². The number of phosphoric ester groups is 1. The van der Waals surface area contributed by atoms with Gasteiger partial charge < -0.3 is 29.7 Å². The van der Waals surface area contributed by atoms with E-state index in [9.17, 15) is 29.3 Å². The SMILES string of the molecule is CCCCCCCC=CCCCCCCCCCCC=CCCCCC(=O)OC[C@H](COP(=O)(O)OC[C@@H](O)[C@H](O)CO)OC(=O)CCCCC=CCCCCCCCCCCC=CCCCCCCC. The molecule has 0 aliphatic rings. The summed E-state index contributed by atoms with van der Waals surface area (Å²) in [6.07, 6.45) is 60.1. The molecule has 0 radical (unpaired) electrons. The van der Waals surface area contributed by atoms with Gasteiger partial charge in [0.05, 0.1) is 19.8 Å². The van der Waals surface area contributed by atoms with Crippen molar-refractivity contribution in [3.8, 4) is 0 Å². The van der Waals surface area contributed by atoms with Crippen LogP contribution in [-0.4, -0.2) is 76.9 Å². The predicted molar refractivity (Wildman–Crippen MR) is 294 cm³/mol. The second-order valence-corrected chi connectivity index (χ2v) is 21.2. The van der Waals surface area contributed by atoms with Crippen molar-refractivity contribution in [2.75, 3.05) is 26.4 Å². The molecule has 0 rings (SSSR count). The Balaban J connectivity index is 4.27. The first kappa shape index (κ1) is 68.9. The Bertz CT molecular complexity index is 1330. The Morgan fingerprint density at radius 3 is 1.04 bits per heavy atom. The maximum atomic E-state index is 12.8. The van der Waals surface area contributed by atoms with E-state index >= 15 is 0 Å². The first-order chi connectivity index (χ1) is 34.6. The topological polar surface area (TPSA) is 169 Å². The smallest absolute Gasteiger partial charge is 0.462 e. The van der Waals surface area contributed by atoms with Crippen LogP contribution in [0.1, 0.15) is 271 Å². The van der Waals surface area contributed by atoms with E-state index < -0.39 is 57.9 Å². The molecular weight excluding hydrogens is 916 g/mol. The van der Waals surface area contributed by atoms with E-state index in [-0.39, 0.29) is 19.4 Å². The van der Waals surface area contributed by atoms with Gasteiger partial charge in [-0.2, -0.15) is 0 Å². The zero-order valence-electron chi connectivity index (χ0n) is 45.6. The van der Waals surface area contributed by atoms with Gasteiger partial charge in [-0.05, 0) is 116 Å². The van der Waals surface area contributed by atoms with Gasteiger partial charge in [0.15, 0.2) is 6.10 Å². The summed E-state index contributed by atoms with van der Waals surface area (Å²) in [5.41, 5.74) is 0. The van der Waals surface area contributed by atoms with Crippen LogP contribution in [0.3, 0.4) is 0 Å². The van der Waals surface area contributed by atoms with E-state index in [1.54, 1.807) is 0 Å². The molecule has 4 N–H and O–H groups in total. The van der Waals surface area contributed by atoms with Crippen molar-refractivity contribution in [1.29, 1.82) is 0 Å². The molecule has 0 aromatic rings. The molecule has 416 valence electrons. The fourth-order valence-electron chi connectivity index (χ4n) is 8.14. The fourth-order valence-corrected chi connectivity index (χ4v) is 8.91. The molecule has 0 saturated heterocycles. The summed E-state index contributed by atoms with van der Waals surface area (Å²) in [5, 5.41) is 28.3. The third kappa shape index (κ3) is 52.6. The maximum absolute atomic E-state index is 12.8. The Morgan fingerprint density at radius 1 is 0.408 bits per heavy atom. The number of allylic oxidation sites excluding steroid dienone is 8. The van der Waals surface area contributed by atoms with Gasteiger partial charge >= 0.3 is 19.8 Å². The average molecular weight is 1030 g/mol. The summed E-state index contributed by atoms with van der Waals surface area (Å²) in [6.45, 7) is 2.00. The van der Waals surface area contributed by atoms with E-state index in [2.05, 4.69) is 62.5 Å². The van der Waals surface area contributed by atoms with E-state index in [1.807, 2.05) is 0 Å². The van der Waals surface area contributed by atoms with Crippen molar-refractivity contribution in [1.82, 2.24) is 0 Å². The van der Waals surface area contributed by atoms with Crippen LogP contribution < -0.4 is 0 Å². The molecule has 4 atom stereocenters. The summed E-state index contributed by atoms with van der Waals surface area (Å²) in [6, 6.07) is 0. The highest BCUT2D eigenvalue weighted by Crippen LogP contribution is 2.43. The van der Waals surface area contributed by atoms with Crippen LogP contribution in [0.2, 0.25) is 0 Å². The first-order valence-corrected chi connectivity index (χ1v) is 30.7. The maximum Gasteiger partial charge on any atom is 0.472 e. The lowest BCUT2D eigenvalue weighted by molar-refractivity contribution is -0.161. The van der Waals surface area contributed by atoms with Crippen LogP contribution in [0.25, 0.3) is 0 Å². The van der Waals surface area contributed by atoms with Crippen LogP contribution in [0.4, 0.5) is 0 Å². The van der Waals surface area contributed by atoms with Crippen LogP contribution in [0.15, 0.2) is 48.6 Å². The van der Waals surface area contributed by atoms with Crippen molar-refractivity contribution in [3.05, 3.63) is 48.6 Å². The second kappa shape index (κ2) is 54.2. The minimum atomic E-state index is -4.76. The second-order valence-electron chi connectivity index (χ2n) is 19.8. The summed E-state index contributed by atoms with van der Waals surface area (Å²) in [5.74, 6) is -1.02. The van der Waals surface area contributed by atoms with Crippen molar-refractivity contribution in [2.24, 2.45) is 0 Å². The Kier molecular flexibility index (Phi) is 52.6. The lowest BCUT2D eigenvalue weighted by atomic mass is 10.1. The van der Waals surface area contributed by atoms with E-state index in [4.69, 9.17) is 23.6 Å². The normalized spacial score (nSPS) is 14.3. The third-order valence-corrected chi connectivity index (χ3v) is 13.7. The minimum Gasteiger partial charge on any atom is -0.462 e. The highest BCUT2D eigenvalue weighted by molar-refractivity contribution is 7.47. The molecule has 1 unspecified atom stereocenters. The number of aliphatic hydroxyl groups is 3. The molecule has 0 aromatic heterocycles. The summed E-state index contributed by atoms with van der Waals surface area (Å²) in [7, 11) is -4.76. The standard InChI is InChI=1S/C59H109O11P/c1-3-5-7-9-11-13-15-17-19-21-23-25-27-29-31-33-35-37-39-41-43-45-47-49-58(63)67-52-55(53-68-71(65,66)69-54-57(62)56(61)51-60)70-59(64)50-48-46-44-42-40-38-36-34-32-30-28-26-24-22-20-18-16-14-12-10-8-6-4-2/h15-18,39-42,55-57,60-62H,3-14,19-38,43-54H2,1-2H3,(H,65,66)/t55-,56-,57-/m1/s1. The highest BCUT2D eigenvalue weighted by atomic mass is 31.2. The predicted octanol–water partition coefficient (Wildman–Crippen LogP) is 16.2. The van der Waals surface area contributed by atoms with Gasteiger partial charge in [0.25, 0.3) is 0 Å². The number of ether oxygens (including phenoxy) is 2. The van der Waals surface area contributed by atoms with Gasteiger partial charge in [-0.25, -0.2) is 4.57 Å². The number of aliphatic hydroxyl groups excluding tert-OH is 3. The molecule has 0 fully saturated rings. The van der Waals surface area contributed by atoms with Crippen LogP contribution >= 0.6 is 7.82 Å². The molecule has 71 heavy (non-hydrogen) atoms. The fraction of sp³-hybridized carbons (Fsp3) is 0.831. The molecule has 0 aromatic carbocycles. The largest absolute Gasteiger partial charge is 0.472 e. The van der Waals surface area contributed by atoms with Gasteiger partial charge in [0, 0.05) is 12.8 Å². The number of carbonyl (C=O) groups excluding carboxylic acids is 2. The van der Waals surface area contributed by atoms with Gasteiger partial charge in [0.1, 0.15) is 18.8 Å². The molecule has 0 saturated carbocycles. The number of unbranched alkanes of at least 4 members (excludes halogenated alkanes) is 32. The van der Waals surface area contributed by atoms with Gasteiger partial charge in [-0.1, -0.05) is 191 Å². The van der Waals surface area contributed by atoms with Crippen molar-refractivity contribution < 1.29 is 52.9 Å². The average Bonchev–Trinajstić information content (AvgIpc) is 3.36. The van der Waals surface area contributed by atoms with Crippen molar-refractivity contribution in [2.45, 2.75) is 289 Å². The highest BCUT2D eigenvalue weighted by Gasteiger charge is 2.28. The van der Waals surface area contributed by atoms with Crippen molar-refractivity contribution in [3.63, 3.8) is 0 Å². The van der Waals surface area contributed by atoms with Gasteiger partial charge in [-0.15, -0.1) is 0 Å². The molecule has 0 bridgehead atoms. The quantitative estimate of drug-likeness (QED) is 0.0198. The molecular formula is C59H109O11P. The zero-order valence-corrected chi connectivity index (χ0v) is 46.5. The van der Waals surface area contributed by atoms with Crippen LogP contribution in [0.5, 0.6) is 0 Å². The van der Waals surface area contributed by atoms with E-state index in [0.717, 1.165) is 38.5 Å². The molecule has 12 heteroatoms. The number of hydrogen-bond acceptors (Lipinski definition) is 10. The Morgan fingerprint density at radius 2 is 0.704 bits per heavy atom. The molecule has 0 spiro atoms. The van der Waals surface area contributed by atoms with Crippen molar-refractivity contribution >= 4 is 19.8 Å². The van der Waals surface area contributed by atoms with Gasteiger partial charge in [-0.3, -0.25) is 18.6 Å². The number of phosphoric acid groups is 1. The molecule has 0 heterocycles. The summed E-state index contributed by atoms with van der Waals surface area (Å²) in [4.78, 5) is 35.4. The lowest BCUT2D eigenvalue weighted by Crippen LogP contribution is -2.33. The molecule has 0 amide bonds. The number of carbonyl (C=O) groups is 2. The third-order valence-electron chi connectivity index (χ3n) is 12.8. The minimum absolute atomic E-state index is 0.123. The first-order valence-electron chi connectivity index (χ1n) is 29.2. The number of hydrogen-bond donors (Lipinski definition) is 4.